The van der Waals surface area contributed by atoms with Gasteiger partial charge in [0.2, 0.25) is 5.91 Å². The second kappa shape index (κ2) is 9.02. The predicted octanol–water partition coefficient (Wildman–Crippen LogP) is 4.58. The summed E-state index contributed by atoms with van der Waals surface area (Å²) in [6, 6.07) is 14.9. The van der Waals surface area contributed by atoms with E-state index in [1.54, 1.807) is 17.4 Å². The molecule has 1 aromatic heterocycles. The summed E-state index contributed by atoms with van der Waals surface area (Å²) in [6.07, 6.45) is 1.82. The standard InChI is InChI=1S/C21H22ClN3OS/c1-2-18-13-27-21(24-18)19(11-14-6-8-17(23)9-7-14)25-20(26)12-15-4-3-5-16(22)10-15/h3-10,13,19H,2,11-12,23H2,1H3,(H,25,26)/t19-/m0/s1. The molecule has 0 aliphatic rings. The van der Waals surface area contributed by atoms with Crippen molar-refractivity contribution in [2.24, 2.45) is 0 Å². The van der Waals surface area contributed by atoms with E-state index >= 15 is 0 Å². The van der Waals surface area contributed by atoms with Crippen LogP contribution in [-0.4, -0.2) is 10.9 Å². The second-order valence-electron chi connectivity index (χ2n) is 6.40. The lowest BCUT2D eigenvalue weighted by atomic mass is 10.0. The summed E-state index contributed by atoms with van der Waals surface area (Å²) in [4.78, 5) is 17.3. The van der Waals surface area contributed by atoms with Gasteiger partial charge in [0.1, 0.15) is 5.01 Å². The third-order valence-electron chi connectivity index (χ3n) is 4.24. The molecule has 0 bridgehead atoms. The number of carbonyl (C=O) groups excluding carboxylic acids is 1. The highest BCUT2D eigenvalue weighted by Crippen LogP contribution is 2.23. The average Bonchev–Trinajstić information content (AvgIpc) is 3.12. The fraction of sp³-hybridized carbons (Fsp3) is 0.238. The summed E-state index contributed by atoms with van der Waals surface area (Å²) in [5, 5.41) is 6.74. The molecule has 140 valence electrons. The molecule has 6 heteroatoms. The molecule has 0 aliphatic heterocycles. The highest BCUT2D eigenvalue weighted by molar-refractivity contribution is 7.09. The number of amides is 1. The van der Waals surface area contributed by atoms with Gasteiger partial charge in [-0.05, 0) is 48.2 Å². The Balaban J connectivity index is 1.76. The summed E-state index contributed by atoms with van der Waals surface area (Å²) in [6.45, 7) is 2.07. The van der Waals surface area contributed by atoms with E-state index in [0.717, 1.165) is 33.9 Å². The van der Waals surface area contributed by atoms with Crippen molar-refractivity contribution < 1.29 is 4.79 Å². The largest absolute Gasteiger partial charge is 0.399 e. The lowest BCUT2D eigenvalue weighted by Gasteiger charge is -2.17. The molecule has 0 spiro atoms. The van der Waals surface area contributed by atoms with Crippen molar-refractivity contribution in [1.82, 2.24) is 10.3 Å². The van der Waals surface area contributed by atoms with Crippen molar-refractivity contribution in [3.05, 3.63) is 80.8 Å². The SMILES string of the molecule is CCc1csc([C@H](Cc2ccc(N)cc2)NC(=O)Cc2cccc(Cl)c2)n1. The predicted molar refractivity (Wildman–Crippen MR) is 112 cm³/mol. The highest BCUT2D eigenvalue weighted by atomic mass is 35.5. The summed E-state index contributed by atoms with van der Waals surface area (Å²) in [5.41, 5.74) is 9.54. The van der Waals surface area contributed by atoms with E-state index in [-0.39, 0.29) is 18.4 Å². The van der Waals surface area contributed by atoms with Crippen LogP contribution in [0.4, 0.5) is 5.69 Å². The third-order valence-corrected chi connectivity index (χ3v) is 5.48. The van der Waals surface area contributed by atoms with Gasteiger partial charge in [0.25, 0.3) is 0 Å². The molecule has 3 rings (SSSR count). The number of halogens is 1. The first kappa shape index (κ1) is 19.4. The number of carbonyl (C=O) groups is 1. The topological polar surface area (TPSA) is 68.0 Å². The Labute approximate surface area is 168 Å². The number of benzene rings is 2. The molecule has 0 aliphatic carbocycles. The van der Waals surface area contributed by atoms with Crippen LogP contribution in [-0.2, 0) is 24.1 Å². The minimum Gasteiger partial charge on any atom is -0.399 e. The van der Waals surface area contributed by atoms with Crippen LogP contribution in [0.1, 0.15) is 34.8 Å². The van der Waals surface area contributed by atoms with Gasteiger partial charge in [-0.15, -0.1) is 11.3 Å². The van der Waals surface area contributed by atoms with Gasteiger partial charge < -0.3 is 11.1 Å². The van der Waals surface area contributed by atoms with Crippen LogP contribution in [0.2, 0.25) is 5.02 Å². The van der Waals surface area contributed by atoms with Crippen LogP contribution in [0.25, 0.3) is 0 Å². The summed E-state index contributed by atoms with van der Waals surface area (Å²) < 4.78 is 0. The first-order chi connectivity index (χ1) is 13.0. The van der Waals surface area contributed by atoms with Crippen LogP contribution >= 0.6 is 22.9 Å². The van der Waals surface area contributed by atoms with Gasteiger partial charge in [0.05, 0.1) is 18.2 Å². The molecule has 3 N–H and O–H groups in total. The molecule has 0 saturated carbocycles. The lowest BCUT2D eigenvalue weighted by molar-refractivity contribution is -0.121. The van der Waals surface area contributed by atoms with Crippen molar-refractivity contribution in [2.75, 3.05) is 5.73 Å². The molecular weight excluding hydrogens is 378 g/mol. The Morgan fingerprint density at radius 1 is 1.22 bits per heavy atom. The number of nitrogens with zero attached hydrogens (tertiary/aromatic N) is 1. The van der Waals surface area contributed by atoms with Crippen molar-refractivity contribution in [3.8, 4) is 0 Å². The minimum atomic E-state index is -0.175. The Morgan fingerprint density at radius 2 is 2.00 bits per heavy atom. The number of nitrogen functional groups attached to an aromatic ring is 1. The molecule has 0 unspecified atom stereocenters. The fourth-order valence-corrected chi connectivity index (χ4v) is 3.98. The molecule has 0 saturated heterocycles. The molecule has 27 heavy (non-hydrogen) atoms. The van der Waals surface area contributed by atoms with Crippen molar-refractivity contribution in [2.45, 2.75) is 32.2 Å². The molecule has 1 amide bonds. The number of nitrogens with one attached hydrogen (secondary N) is 1. The molecule has 4 nitrogen and oxygen atoms in total. The molecule has 0 fully saturated rings. The van der Waals surface area contributed by atoms with Gasteiger partial charge in [-0.25, -0.2) is 4.98 Å². The number of aryl methyl sites for hydroxylation is 1. The molecule has 1 atom stereocenters. The first-order valence-corrected chi connectivity index (χ1v) is 10.1. The normalized spacial score (nSPS) is 11.9. The summed E-state index contributed by atoms with van der Waals surface area (Å²) >= 11 is 7.60. The maximum Gasteiger partial charge on any atom is 0.224 e. The average molecular weight is 400 g/mol. The Kier molecular flexibility index (Phi) is 6.48. The van der Waals surface area contributed by atoms with Gasteiger partial charge in [0.15, 0.2) is 0 Å². The van der Waals surface area contributed by atoms with E-state index in [1.807, 2.05) is 42.5 Å². The van der Waals surface area contributed by atoms with Crippen LogP contribution in [0.5, 0.6) is 0 Å². The van der Waals surface area contributed by atoms with E-state index < -0.39 is 0 Å². The summed E-state index contributed by atoms with van der Waals surface area (Å²) in [5.74, 6) is -0.0500. The van der Waals surface area contributed by atoms with Crippen LogP contribution in [0, 0.1) is 0 Å². The van der Waals surface area contributed by atoms with Gasteiger partial charge in [-0.2, -0.15) is 0 Å². The van der Waals surface area contributed by atoms with Crippen molar-refractivity contribution >= 4 is 34.5 Å². The van der Waals surface area contributed by atoms with E-state index in [1.165, 1.54) is 0 Å². The number of hydrogen-bond acceptors (Lipinski definition) is 4. The maximum absolute atomic E-state index is 12.6. The Morgan fingerprint density at radius 3 is 2.67 bits per heavy atom. The number of aromatic nitrogens is 1. The molecule has 3 aromatic rings. The third kappa shape index (κ3) is 5.55. The Hall–Kier alpha value is -2.37. The molecule has 0 radical (unpaired) electrons. The van der Waals surface area contributed by atoms with E-state index in [9.17, 15) is 4.79 Å². The van der Waals surface area contributed by atoms with E-state index in [4.69, 9.17) is 17.3 Å². The van der Waals surface area contributed by atoms with Crippen molar-refractivity contribution in [1.29, 1.82) is 0 Å². The zero-order chi connectivity index (χ0) is 19.2. The van der Waals surface area contributed by atoms with Gasteiger partial charge in [-0.1, -0.05) is 42.8 Å². The van der Waals surface area contributed by atoms with E-state index in [0.29, 0.717) is 11.4 Å². The maximum atomic E-state index is 12.6. The van der Waals surface area contributed by atoms with Gasteiger partial charge >= 0.3 is 0 Å². The lowest BCUT2D eigenvalue weighted by Crippen LogP contribution is -2.31. The van der Waals surface area contributed by atoms with Gasteiger partial charge in [0, 0.05) is 16.1 Å². The smallest absolute Gasteiger partial charge is 0.224 e. The number of rotatable bonds is 7. The molecule has 2 aromatic carbocycles. The quantitative estimate of drug-likeness (QED) is 0.571. The minimum absolute atomic E-state index is 0.0500. The monoisotopic (exact) mass is 399 g/mol. The number of nitrogens with two attached hydrogens (primary N) is 1. The van der Waals surface area contributed by atoms with Crippen molar-refractivity contribution in [3.63, 3.8) is 0 Å². The van der Waals surface area contributed by atoms with Crippen LogP contribution < -0.4 is 11.1 Å². The van der Waals surface area contributed by atoms with Crippen LogP contribution in [0.3, 0.4) is 0 Å². The molecular formula is C21H22ClN3OS. The van der Waals surface area contributed by atoms with Gasteiger partial charge in [-0.3, -0.25) is 4.79 Å². The van der Waals surface area contributed by atoms with Crippen LogP contribution in [0.15, 0.2) is 53.9 Å². The highest BCUT2D eigenvalue weighted by Gasteiger charge is 2.19. The second-order valence-corrected chi connectivity index (χ2v) is 7.73. The number of anilines is 1. The fourth-order valence-electron chi connectivity index (χ4n) is 2.81. The Bertz CT molecular complexity index is 908. The van der Waals surface area contributed by atoms with E-state index in [2.05, 4.69) is 22.6 Å². The number of thiazole rings is 1. The first-order valence-electron chi connectivity index (χ1n) is 8.86. The number of hydrogen-bond donors (Lipinski definition) is 2. The zero-order valence-electron chi connectivity index (χ0n) is 15.1. The molecule has 1 heterocycles. The zero-order valence-corrected chi connectivity index (χ0v) is 16.7. The summed E-state index contributed by atoms with van der Waals surface area (Å²) in [7, 11) is 0.